The molecule has 0 saturated carbocycles. The van der Waals surface area contributed by atoms with Crippen molar-refractivity contribution >= 4 is 0 Å². The maximum atomic E-state index is 5.55. The van der Waals surface area contributed by atoms with E-state index < -0.39 is 0 Å². The Hall–Kier alpha value is -2.58. The van der Waals surface area contributed by atoms with E-state index in [4.69, 9.17) is 4.52 Å². The molecular formula is C17H21N7O. The van der Waals surface area contributed by atoms with E-state index in [0.717, 1.165) is 43.1 Å². The number of likely N-dealkylation sites (N-methyl/N-ethyl adjacent to an activating group) is 1. The highest BCUT2D eigenvalue weighted by molar-refractivity contribution is 5.56. The smallest absolute Gasteiger partial charge is 0.261 e. The van der Waals surface area contributed by atoms with Gasteiger partial charge in [0.2, 0.25) is 0 Å². The third kappa shape index (κ3) is 2.94. The van der Waals surface area contributed by atoms with E-state index >= 15 is 0 Å². The van der Waals surface area contributed by atoms with Crippen molar-refractivity contribution in [2.24, 2.45) is 0 Å². The highest BCUT2D eigenvalue weighted by Gasteiger charge is 2.26. The molecule has 8 nitrogen and oxygen atoms in total. The van der Waals surface area contributed by atoms with Gasteiger partial charge in [0.1, 0.15) is 0 Å². The number of rotatable bonds is 4. The second kappa shape index (κ2) is 6.73. The van der Waals surface area contributed by atoms with Crippen LogP contribution in [0.5, 0.6) is 0 Å². The van der Waals surface area contributed by atoms with Crippen molar-refractivity contribution in [3.05, 3.63) is 42.1 Å². The fourth-order valence-electron chi connectivity index (χ4n) is 3.14. The Balaban J connectivity index is 1.68. The quantitative estimate of drug-likeness (QED) is 0.770. The monoisotopic (exact) mass is 339 g/mol. The molecular weight excluding hydrogens is 318 g/mol. The largest absolute Gasteiger partial charge is 0.334 e. The van der Waals surface area contributed by atoms with Crippen LogP contribution < -0.4 is 5.32 Å². The van der Waals surface area contributed by atoms with E-state index in [1.807, 2.05) is 22.9 Å². The van der Waals surface area contributed by atoms with Crippen LogP contribution in [0.2, 0.25) is 0 Å². The van der Waals surface area contributed by atoms with Crippen molar-refractivity contribution in [1.82, 2.24) is 35.1 Å². The summed E-state index contributed by atoms with van der Waals surface area (Å²) in [6, 6.07) is 5.89. The standard InChI is InChI=1S/C17H21N7O/c1-3-13-12(10-20-24(13)15-6-4-5-7-19-15)17-21-16(22-25-17)14-11-18-8-9-23(14)2/h4-7,10,14,18H,3,8-9,11H2,1-2H3. The number of nitrogens with zero attached hydrogens (tertiary/aromatic N) is 6. The minimum Gasteiger partial charge on any atom is -0.334 e. The van der Waals surface area contributed by atoms with Crippen LogP contribution in [-0.4, -0.2) is 56.5 Å². The lowest BCUT2D eigenvalue weighted by molar-refractivity contribution is 0.190. The van der Waals surface area contributed by atoms with E-state index in [9.17, 15) is 0 Å². The summed E-state index contributed by atoms with van der Waals surface area (Å²) in [7, 11) is 2.08. The molecule has 4 heterocycles. The van der Waals surface area contributed by atoms with Crippen molar-refractivity contribution in [2.75, 3.05) is 26.7 Å². The molecule has 130 valence electrons. The summed E-state index contributed by atoms with van der Waals surface area (Å²) in [4.78, 5) is 11.2. The molecule has 1 aliphatic rings. The predicted molar refractivity (Wildman–Crippen MR) is 92.3 cm³/mol. The highest BCUT2D eigenvalue weighted by Crippen LogP contribution is 2.26. The van der Waals surface area contributed by atoms with Crippen molar-refractivity contribution in [3.8, 4) is 17.3 Å². The Labute approximate surface area is 145 Å². The molecule has 1 aliphatic heterocycles. The van der Waals surface area contributed by atoms with Crippen LogP contribution in [-0.2, 0) is 6.42 Å². The van der Waals surface area contributed by atoms with Gasteiger partial charge in [-0.3, -0.25) is 4.90 Å². The van der Waals surface area contributed by atoms with Gasteiger partial charge in [0.05, 0.1) is 23.5 Å². The van der Waals surface area contributed by atoms with Crippen LogP contribution in [0.3, 0.4) is 0 Å². The first-order valence-electron chi connectivity index (χ1n) is 8.51. The molecule has 0 radical (unpaired) electrons. The number of nitrogens with one attached hydrogen (secondary N) is 1. The zero-order valence-corrected chi connectivity index (χ0v) is 14.4. The number of hydrogen-bond donors (Lipinski definition) is 1. The fraction of sp³-hybridized carbons (Fsp3) is 0.412. The van der Waals surface area contributed by atoms with Crippen molar-refractivity contribution in [3.63, 3.8) is 0 Å². The molecule has 0 aromatic carbocycles. The van der Waals surface area contributed by atoms with Crippen LogP contribution in [0, 0.1) is 0 Å². The molecule has 4 rings (SSSR count). The molecule has 1 N–H and O–H groups in total. The van der Waals surface area contributed by atoms with Gasteiger partial charge in [-0.15, -0.1) is 0 Å². The lowest BCUT2D eigenvalue weighted by atomic mass is 10.2. The van der Waals surface area contributed by atoms with Crippen LogP contribution in [0.1, 0.15) is 24.5 Å². The van der Waals surface area contributed by atoms with Crippen LogP contribution in [0.4, 0.5) is 0 Å². The maximum Gasteiger partial charge on any atom is 0.261 e. The third-order valence-electron chi connectivity index (χ3n) is 4.55. The van der Waals surface area contributed by atoms with E-state index in [2.05, 4.69) is 44.4 Å². The summed E-state index contributed by atoms with van der Waals surface area (Å²) in [6.07, 6.45) is 4.31. The zero-order valence-electron chi connectivity index (χ0n) is 14.4. The van der Waals surface area contributed by atoms with Crippen molar-refractivity contribution < 1.29 is 4.52 Å². The Kier molecular flexibility index (Phi) is 4.29. The average molecular weight is 339 g/mol. The third-order valence-corrected chi connectivity index (χ3v) is 4.55. The molecule has 0 spiro atoms. The first-order chi connectivity index (χ1) is 12.3. The van der Waals surface area contributed by atoms with Crippen LogP contribution in [0.25, 0.3) is 17.3 Å². The number of piperazine rings is 1. The van der Waals surface area contributed by atoms with Gasteiger partial charge in [-0.05, 0) is 25.6 Å². The molecule has 1 unspecified atom stereocenters. The predicted octanol–water partition coefficient (Wildman–Crippen LogP) is 1.46. The molecule has 1 fully saturated rings. The van der Waals surface area contributed by atoms with Gasteiger partial charge in [-0.2, -0.15) is 10.1 Å². The summed E-state index contributed by atoms with van der Waals surface area (Å²) in [6.45, 7) is 4.85. The molecule has 1 atom stereocenters. The zero-order chi connectivity index (χ0) is 17.2. The first-order valence-corrected chi connectivity index (χ1v) is 8.51. The molecule has 3 aromatic heterocycles. The lowest BCUT2D eigenvalue weighted by Gasteiger charge is -2.30. The van der Waals surface area contributed by atoms with Gasteiger partial charge in [-0.1, -0.05) is 18.1 Å². The number of hydrogen-bond acceptors (Lipinski definition) is 7. The van der Waals surface area contributed by atoms with E-state index in [1.165, 1.54) is 0 Å². The Morgan fingerprint density at radius 2 is 2.28 bits per heavy atom. The normalized spacial score (nSPS) is 18.6. The molecule has 0 aliphatic carbocycles. The Morgan fingerprint density at radius 3 is 3.04 bits per heavy atom. The lowest BCUT2D eigenvalue weighted by Crippen LogP contribution is -2.44. The first kappa shape index (κ1) is 15.9. The van der Waals surface area contributed by atoms with E-state index in [1.54, 1.807) is 12.4 Å². The summed E-state index contributed by atoms with van der Waals surface area (Å²) in [5.74, 6) is 1.99. The maximum absolute atomic E-state index is 5.55. The van der Waals surface area contributed by atoms with Crippen LogP contribution in [0.15, 0.2) is 35.1 Å². The minimum atomic E-state index is 0.127. The van der Waals surface area contributed by atoms with Gasteiger partial charge in [0.25, 0.3) is 5.89 Å². The van der Waals surface area contributed by atoms with Crippen molar-refractivity contribution in [1.29, 1.82) is 0 Å². The average Bonchev–Trinajstić information content (AvgIpc) is 3.29. The summed E-state index contributed by atoms with van der Waals surface area (Å²) in [5.41, 5.74) is 1.86. The molecule has 0 amide bonds. The molecule has 1 saturated heterocycles. The summed E-state index contributed by atoms with van der Waals surface area (Å²) in [5, 5.41) is 12.1. The Morgan fingerprint density at radius 1 is 1.36 bits per heavy atom. The van der Waals surface area contributed by atoms with E-state index in [0.29, 0.717) is 11.7 Å². The van der Waals surface area contributed by atoms with Gasteiger partial charge >= 0.3 is 0 Å². The highest BCUT2D eigenvalue weighted by atomic mass is 16.5. The van der Waals surface area contributed by atoms with Crippen LogP contribution >= 0.6 is 0 Å². The molecule has 0 bridgehead atoms. The second-order valence-electron chi connectivity index (χ2n) is 6.12. The van der Waals surface area contributed by atoms with Gasteiger partial charge in [-0.25, -0.2) is 9.67 Å². The van der Waals surface area contributed by atoms with Gasteiger partial charge < -0.3 is 9.84 Å². The molecule has 8 heteroatoms. The summed E-state index contributed by atoms with van der Waals surface area (Å²) < 4.78 is 7.38. The summed E-state index contributed by atoms with van der Waals surface area (Å²) >= 11 is 0. The SMILES string of the molecule is CCc1c(-c2nc(C3CNCCN3C)no2)cnn1-c1ccccn1. The number of aromatic nitrogens is 5. The second-order valence-corrected chi connectivity index (χ2v) is 6.12. The fourth-order valence-corrected chi connectivity index (χ4v) is 3.14. The van der Waals surface area contributed by atoms with E-state index in [-0.39, 0.29) is 6.04 Å². The molecule has 25 heavy (non-hydrogen) atoms. The minimum absolute atomic E-state index is 0.127. The van der Waals surface area contributed by atoms with Gasteiger partial charge in [0, 0.05) is 25.8 Å². The van der Waals surface area contributed by atoms with Gasteiger partial charge in [0.15, 0.2) is 11.6 Å². The number of pyridine rings is 1. The van der Waals surface area contributed by atoms with Crippen molar-refractivity contribution in [2.45, 2.75) is 19.4 Å². The Bertz CT molecular complexity index is 842. The molecule has 3 aromatic rings. The topological polar surface area (TPSA) is 84.9 Å².